The van der Waals surface area contributed by atoms with Crippen LogP contribution in [0.2, 0.25) is 0 Å². The third-order valence-corrected chi connectivity index (χ3v) is 6.11. The summed E-state index contributed by atoms with van der Waals surface area (Å²) >= 11 is 0. The molecule has 2 heterocycles. The molecule has 5 rings (SSSR count). The van der Waals surface area contributed by atoms with E-state index in [9.17, 15) is 9.90 Å². The third-order valence-electron chi connectivity index (χ3n) is 6.11. The van der Waals surface area contributed by atoms with Crippen molar-refractivity contribution in [3.8, 4) is 11.5 Å². The summed E-state index contributed by atoms with van der Waals surface area (Å²) in [5.41, 5.74) is 19.8. The molecule has 1 amide bonds. The molecule has 1 aromatic heterocycles. The number of pyridine rings is 1. The Labute approximate surface area is 170 Å². The number of nitrogens with zero attached hydrogens (tertiary/aromatic N) is 1. The lowest BCUT2D eigenvalue weighted by Gasteiger charge is -2.12. The Bertz CT molecular complexity index is 1030. The fourth-order valence-corrected chi connectivity index (χ4v) is 4.05. The molecule has 2 aliphatic carbocycles. The molecular formula is C23H27N3O3. The smallest absolute Gasteiger partial charge is 0.251 e. The first-order valence-electron chi connectivity index (χ1n) is 10.0. The van der Waals surface area contributed by atoms with Gasteiger partial charge in [0.05, 0.1) is 23.6 Å². The van der Waals surface area contributed by atoms with E-state index in [0.29, 0.717) is 36.0 Å². The van der Waals surface area contributed by atoms with Gasteiger partial charge in [0, 0.05) is 35.6 Å². The summed E-state index contributed by atoms with van der Waals surface area (Å²) < 4.78 is 5.68. The number of aromatic nitrogens is 1. The van der Waals surface area contributed by atoms with Gasteiger partial charge in [0.1, 0.15) is 11.5 Å². The fraction of sp³-hybridized carbons (Fsp3) is 0.391. The minimum atomic E-state index is -0.460. The SMILES string of the molecule is Cc1ccc(O)c(C)c1C.NC(=O)C1=C(N)Cc2c3c(nc(C4CC4)c21)CCO3. The van der Waals surface area contributed by atoms with E-state index < -0.39 is 5.91 Å². The molecule has 152 valence electrons. The fourth-order valence-electron chi connectivity index (χ4n) is 4.05. The zero-order chi connectivity index (χ0) is 20.9. The monoisotopic (exact) mass is 393 g/mol. The second-order valence-corrected chi connectivity index (χ2v) is 8.09. The molecule has 2 aromatic rings. The maximum absolute atomic E-state index is 11.7. The molecule has 1 saturated carbocycles. The maximum atomic E-state index is 11.7. The van der Waals surface area contributed by atoms with Crippen molar-refractivity contribution in [3.63, 3.8) is 0 Å². The van der Waals surface area contributed by atoms with Gasteiger partial charge < -0.3 is 21.3 Å². The maximum Gasteiger partial charge on any atom is 0.251 e. The lowest BCUT2D eigenvalue weighted by atomic mass is 9.98. The molecular weight excluding hydrogens is 366 g/mol. The standard InChI is InChI=1S/C14H15N3O2.C9H12O/c15-8-5-7-10(11(8)14(16)18)12(6-1-2-6)17-9-3-4-19-13(7)9;1-6-4-5-9(10)8(3)7(6)2/h6H,1-5,15H2,(H2,16,18);4-5,10H,1-3H3. The number of hydrogen-bond donors (Lipinski definition) is 3. The molecule has 0 bridgehead atoms. The number of nitrogens with two attached hydrogens (primary N) is 2. The number of ether oxygens (including phenoxy) is 1. The second-order valence-electron chi connectivity index (χ2n) is 8.09. The first kappa shape index (κ1) is 19.3. The summed E-state index contributed by atoms with van der Waals surface area (Å²) in [5, 5.41) is 9.22. The first-order chi connectivity index (χ1) is 13.8. The highest BCUT2D eigenvalue weighted by Gasteiger charge is 2.38. The molecule has 0 unspecified atom stereocenters. The van der Waals surface area contributed by atoms with Gasteiger partial charge in [0.15, 0.2) is 0 Å². The van der Waals surface area contributed by atoms with E-state index >= 15 is 0 Å². The number of carbonyl (C=O) groups is 1. The Morgan fingerprint density at radius 2 is 1.93 bits per heavy atom. The summed E-state index contributed by atoms with van der Waals surface area (Å²) in [4.78, 5) is 16.4. The molecule has 1 aromatic carbocycles. The van der Waals surface area contributed by atoms with Crippen LogP contribution in [-0.2, 0) is 17.6 Å². The number of rotatable bonds is 2. The van der Waals surface area contributed by atoms with E-state index in [1.165, 1.54) is 11.1 Å². The van der Waals surface area contributed by atoms with Gasteiger partial charge in [-0.05, 0) is 56.4 Å². The number of aromatic hydroxyl groups is 1. The number of primary amides is 1. The van der Waals surface area contributed by atoms with Gasteiger partial charge >= 0.3 is 0 Å². The van der Waals surface area contributed by atoms with Gasteiger partial charge in [-0.25, -0.2) is 0 Å². The van der Waals surface area contributed by atoms with Crippen LogP contribution in [0.15, 0.2) is 17.8 Å². The highest BCUT2D eigenvalue weighted by Crippen LogP contribution is 2.49. The number of hydrogen-bond acceptors (Lipinski definition) is 5. The number of aryl methyl sites for hydroxylation is 1. The number of amides is 1. The number of phenolic OH excluding ortho intramolecular Hbond substituents is 1. The second kappa shape index (κ2) is 7.10. The van der Waals surface area contributed by atoms with E-state index in [4.69, 9.17) is 21.2 Å². The van der Waals surface area contributed by atoms with Gasteiger partial charge in [-0.1, -0.05) is 6.07 Å². The first-order valence-corrected chi connectivity index (χ1v) is 10.0. The van der Waals surface area contributed by atoms with Gasteiger partial charge in [-0.2, -0.15) is 0 Å². The molecule has 1 aliphatic heterocycles. The van der Waals surface area contributed by atoms with E-state index in [2.05, 4.69) is 0 Å². The highest BCUT2D eigenvalue weighted by atomic mass is 16.5. The minimum Gasteiger partial charge on any atom is -0.508 e. The summed E-state index contributed by atoms with van der Waals surface area (Å²) in [6, 6.07) is 3.66. The van der Waals surface area contributed by atoms with Crippen molar-refractivity contribution in [1.82, 2.24) is 4.98 Å². The molecule has 5 N–H and O–H groups in total. The average molecular weight is 393 g/mol. The van der Waals surface area contributed by atoms with Crippen LogP contribution in [0, 0.1) is 20.8 Å². The molecule has 0 radical (unpaired) electrons. The Balaban J connectivity index is 0.000000174. The van der Waals surface area contributed by atoms with Crippen molar-refractivity contribution in [2.45, 2.75) is 52.4 Å². The van der Waals surface area contributed by atoms with Crippen molar-refractivity contribution < 1.29 is 14.6 Å². The lowest BCUT2D eigenvalue weighted by Crippen LogP contribution is -2.16. The third kappa shape index (κ3) is 3.33. The zero-order valence-corrected chi connectivity index (χ0v) is 17.1. The van der Waals surface area contributed by atoms with Gasteiger partial charge in [-0.15, -0.1) is 0 Å². The number of allylic oxidation sites excluding steroid dienone is 1. The Morgan fingerprint density at radius 1 is 1.21 bits per heavy atom. The number of benzene rings is 1. The van der Waals surface area contributed by atoms with Gasteiger partial charge in [-0.3, -0.25) is 9.78 Å². The molecule has 3 aliphatic rings. The lowest BCUT2D eigenvalue weighted by molar-refractivity contribution is -0.112. The van der Waals surface area contributed by atoms with E-state index in [-0.39, 0.29) is 0 Å². The largest absolute Gasteiger partial charge is 0.508 e. The summed E-state index contributed by atoms with van der Waals surface area (Å²) in [5.74, 6) is 1.22. The van der Waals surface area contributed by atoms with Crippen LogP contribution >= 0.6 is 0 Å². The normalized spacial score (nSPS) is 16.7. The molecule has 0 spiro atoms. The van der Waals surface area contributed by atoms with Crippen LogP contribution < -0.4 is 16.2 Å². The predicted octanol–water partition coefficient (Wildman–Crippen LogP) is 2.92. The number of carbonyl (C=O) groups excluding carboxylic acids is 1. The summed E-state index contributed by atoms with van der Waals surface area (Å²) in [6.07, 6.45) is 3.66. The summed E-state index contributed by atoms with van der Waals surface area (Å²) in [6.45, 7) is 6.65. The molecule has 1 fully saturated rings. The predicted molar refractivity (Wildman–Crippen MR) is 112 cm³/mol. The number of phenols is 1. The van der Waals surface area contributed by atoms with Crippen LogP contribution in [0.25, 0.3) is 5.57 Å². The zero-order valence-electron chi connectivity index (χ0n) is 17.1. The van der Waals surface area contributed by atoms with Crippen molar-refractivity contribution in [2.75, 3.05) is 6.61 Å². The number of fused-ring (bicyclic) bond motifs is 3. The van der Waals surface area contributed by atoms with Crippen LogP contribution in [0.3, 0.4) is 0 Å². The minimum absolute atomic E-state index is 0.392. The van der Waals surface area contributed by atoms with Crippen molar-refractivity contribution in [2.24, 2.45) is 11.5 Å². The van der Waals surface area contributed by atoms with Crippen LogP contribution in [0.5, 0.6) is 11.5 Å². The highest BCUT2D eigenvalue weighted by molar-refractivity contribution is 6.21. The van der Waals surface area contributed by atoms with E-state index in [1.807, 2.05) is 26.8 Å². The van der Waals surface area contributed by atoms with Crippen molar-refractivity contribution in [3.05, 3.63) is 57.0 Å². The van der Waals surface area contributed by atoms with Gasteiger partial charge in [0.25, 0.3) is 5.91 Å². The Morgan fingerprint density at radius 3 is 2.55 bits per heavy atom. The quantitative estimate of drug-likeness (QED) is 0.726. The van der Waals surface area contributed by atoms with Crippen molar-refractivity contribution >= 4 is 11.5 Å². The molecule has 29 heavy (non-hydrogen) atoms. The molecule has 6 heteroatoms. The van der Waals surface area contributed by atoms with Crippen LogP contribution in [-0.4, -0.2) is 22.6 Å². The summed E-state index contributed by atoms with van der Waals surface area (Å²) in [7, 11) is 0. The van der Waals surface area contributed by atoms with E-state index in [0.717, 1.165) is 53.1 Å². The topological polar surface area (TPSA) is 111 Å². The van der Waals surface area contributed by atoms with Crippen LogP contribution in [0.1, 0.15) is 58.0 Å². The van der Waals surface area contributed by atoms with Crippen molar-refractivity contribution in [1.29, 1.82) is 0 Å². The Hall–Kier alpha value is -3.02. The Kier molecular flexibility index (Phi) is 4.73. The van der Waals surface area contributed by atoms with E-state index in [1.54, 1.807) is 6.07 Å². The molecule has 6 nitrogen and oxygen atoms in total. The van der Waals surface area contributed by atoms with Crippen LogP contribution in [0.4, 0.5) is 0 Å². The molecule has 0 atom stereocenters. The average Bonchev–Trinajstić information content (AvgIpc) is 3.30. The molecule has 0 saturated heterocycles. The van der Waals surface area contributed by atoms with Gasteiger partial charge in [0.2, 0.25) is 0 Å².